The smallest absolute Gasteiger partial charge is 0.414 e. The Balaban J connectivity index is 0.000000218. The van der Waals surface area contributed by atoms with Crippen LogP contribution in [0, 0.1) is 11.6 Å². The van der Waals surface area contributed by atoms with Crippen molar-refractivity contribution in [1.82, 2.24) is 5.32 Å². The van der Waals surface area contributed by atoms with Crippen LogP contribution in [0.4, 0.5) is 41.1 Å². The lowest BCUT2D eigenvalue weighted by Crippen LogP contribution is -2.37. The maximum absolute atomic E-state index is 14.6. The normalized spacial score (nSPS) is 19.0. The van der Waals surface area contributed by atoms with Gasteiger partial charge in [-0.2, -0.15) is 0 Å². The number of rotatable bonds is 11. The van der Waals surface area contributed by atoms with Crippen LogP contribution in [-0.4, -0.2) is 140 Å². The third-order valence-electron chi connectivity index (χ3n) is 8.77. The first kappa shape index (κ1) is 44.4. The third-order valence-corrected chi connectivity index (χ3v) is 8.90. The van der Waals surface area contributed by atoms with Crippen molar-refractivity contribution in [3.63, 3.8) is 0 Å². The lowest BCUT2D eigenvalue weighted by molar-refractivity contribution is -0.144. The minimum absolute atomic E-state index is 0.0480. The third kappa shape index (κ3) is 13.1. The van der Waals surface area contributed by atoms with Gasteiger partial charge in [0.25, 0.3) is 0 Å². The molecule has 0 unspecified atom stereocenters. The Kier molecular flexibility index (Phi) is 17.0. The van der Waals surface area contributed by atoms with Crippen molar-refractivity contribution in [2.45, 2.75) is 25.0 Å². The largest absolute Gasteiger partial charge is 0.469 e. The molecule has 18 nitrogen and oxygen atoms in total. The highest BCUT2D eigenvalue weighted by Crippen LogP contribution is 2.30. The van der Waals surface area contributed by atoms with Crippen molar-refractivity contribution in [2.24, 2.45) is 5.73 Å². The van der Waals surface area contributed by atoms with Crippen molar-refractivity contribution in [1.29, 1.82) is 0 Å². The van der Waals surface area contributed by atoms with Crippen LogP contribution in [0.5, 0.6) is 0 Å². The number of nitrogens with one attached hydrogen (secondary N) is 1. The lowest BCUT2D eigenvalue weighted by Gasteiger charge is -2.29. The molecule has 0 aromatic heterocycles. The van der Waals surface area contributed by atoms with Gasteiger partial charge in [0, 0.05) is 32.7 Å². The van der Waals surface area contributed by atoms with Gasteiger partial charge in [0.2, 0.25) is 11.1 Å². The molecule has 0 saturated carbocycles. The van der Waals surface area contributed by atoms with E-state index in [0.29, 0.717) is 81.9 Å². The molecule has 4 aliphatic heterocycles. The van der Waals surface area contributed by atoms with E-state index >= 15 is 0 Å². The Bertz CT molecular complexity index is 1750. The summed E-state index contributed by atoms with van der Waals surface area (Å²) in [6, 6.07) is 9.38. The van der Waals surface area contributed by atoms with Crippen LogP contribution in [-0.2, 0) is 47.6 Å². The first-order valence-corrected chi connectivity index (χ1v) is 18.2. The molecular weight excluding hydrogens is 782 g/mol. The van der Waals surface area contributed by atoms with Gasteiger partial charge in [0.1, 0.15) is 36.7 Å². The van der Waals surface area contributed by atoms with Gasteiger partial charge in [-0.1, -0.05) is 0 Å². The molecule has 0 radical (unpaired) electrons. The number of amides is 3. The number of carbonyl (C=O) groups is 6. The molecular formula is C36H45ClF2N6O12. The molecule has 3 N–H and O–H groups in total. The van der Waals surface area contributed by atoms with E-state index in [1.807, 2.05) is 9.80 Å². The van der Waals surface area contributed by atoms with Crippen molar-refractivity contribution >= 4 is 69.6 Å². The Morgan fingerprint density at radius 2 is 1.19 bits per heavy atom. The van der Waals surface area contributed by atoms with E-state index in [0.717, 1.165) is 0 Å². The van der Waals surface area contributed by atoms with Crippen LogP contribution >= 0.6 is 11.6 Å². The van der Waals surface area contributed by atoms with Gasteiger partial charge in [0.15, 0.2) is 0 Å². The summed E-state index contributed by atoms with van der Waals surface area (Å²) in [4.78, 5) is 73.0. The fourth-order valence-corrected chi connectivity index (χ4v) is 5.93. The molecule has 4 heterocycles. The van der Waals surface area contributed by atoms with Gasteiger partial charge in [-0.15, -0.1) is 0 Å². The van der Waals surface area contributed by atoms with Crippen LogP contribution in [0.25, 0.3) is 0 Å². The molecule has 21 heteroatoms. The Labute approximate surface area is 331 Å². The molecule has 4 fully saturated rings. The second kappa shape index (κ2) is 21.8. The molecule has 0 bridgehead atoms. The number of benzene rings is 2. The van der Waals surface area contributed by atoms with E-state index in [1.165, 1.54) is 36.2 Å². The minimum Gasteiger partial charge on any atom is -0.469 e. The van der Waals surface area contributed by atoms with Crippen LogP contribution < -0.4 is 30.7 Å². The summed E-state index contributed by atoms with van der Waals surface area (Å²) in [5.41, 5.74) is 7.36. The molecule has 312 valence electrons. The number of halogens is 3. The predicted molar refractivity (Wildman–Crippen MR) is 200 cm³/mol. The summed E-state index contributed by atoms with van der Waals surface area (Å²) in [6.07, 6.45) is -2.79. The summed E-state index contributed by atoms with van der Waals surface area (Å²) >= 11 is 4.81. The monoisotopic (exact) mass is 826 g/mol. The van der Waals surface area contributed by atoms with Crippen molar-refractivity contribution in [2.75, 3.05) is 113 Å². The Morgan fingerprint density at radius 3 is 1.58 bits per heavy atom. The molecule has 2 aromatic rings. The Hall–Kier alpha value is -5.31. The van der Waals surface area contributed by atoms with Crippen molar-refractivity contribution in [3.05, 3.63) is 48.0 Å². The number of cyclic esters (lactones) is 2. The van der Waals surface area contributed by atoms with E-state index in [9.17, 15) is 37.5 Å². The fraction of sp³-hybridized carbons (Fsp3) is 0.500. The zero-order valence-electron chi connectivity index (χ0n) is 31.4. The SMILES string of the molecule is COC(=O)CC(=O)Cl.COC(=O)CC(=O)NC[C@H]1CN(c2ccc(N3CCOCC3)c(F)c2)C(=O)O1.NC[C@H]1CN(c2ccc(N3CCOCC3)c(F)c2)C(=O)O1. The maximum Gasteiger partial charge on any atom is 0.414 e. The quantitative estimate of drug-likeness (QED) is 0.144. The highest BCUT2D eigenvalue weighted by molar-refractivity contribution is 6.64. The fourth-order valence-electron chi connectivity index (χ4n) is 5.82. The van der Waals surface area contributed by atoms with Gasteiger partial charge in [0.05, 0.1) is 83.0 Å². The molecule has 2 aromatic carbocycles. The number of nitrogens with two attached hydrogens (primary N) is 1. The van der Waals surface area contributed by atoms with Gasteiger partial charge in [-0.25, -0.2) is 18.4 Å². The second-order valence-electron chi connectivity index (χ2n) is 12.6. The number of esters is 2. The summed E-state index contributed by atoms with van der Waals surface area (Å²) in [7, 11) is 2.39. The summed E-state index contributed by atoms with van der Waals surface area (Å²) in [6.45, 7) is 5.64. The van der Waals surface area contributed by atoms with Gasteiger partial charge < -0.3 is 49.3 Å². The number of morpholine rings is 2. The van der Waals surface area contributed by atoms with Crippen molar-refractivity contribution < 1.29 is 66.0 Å². The maximum atomic E-state index is 14.6. The minimum atomic E-state index is -0.697. The topological polar surface area (TPSA) is 209 Å². The van der Waals surface area contributed by atoms with Gasteiger partial charge >= 0.3 is 24.1 Å². The highest BCUT2D eigenvalue weighted by Gasteiger charge is 2.34. The summed E-state index contributed by atoms with van der Waals surface area (Å²) < 4.78 is 58.2. The summed E-state index contributed by atoms with van der Waals surface area (Å²) in [5, 5.41) is 1.81. The van der Waals surface area contributed by atoms with E-state index in [2.05, 4.69) is 14.8 Å². The average Bonchev–Trinajstić information content (AvgIpc) is 3.79. The zero-order valence-corrected chi connectivity index (χ0v) is 32.2. The molecule has 0 aliphatic carbocycles. The van der Waals surface area contributed by atoms with Crippen LogP contribution in [0.1, 0.15) is 12.8 Å². The second-order valence-corrected chi connectivity index (χ2v) is 13.0. The predicted octanol–water partition coefficient (Wildman–Crippen LogP) is 1.93. The molecule has 4 aliphatic rings. The highest BCUT2D eigenvalue weighted by atomic mass is 35.5. The number of methoxy groups -OCH3 is 2. The molecule has 4 saturated heterocycles. The van der Waals surface area contributed by atoms with Gasteiger partial charge in [-0.3, -0.25) is 29.0 Å². The van der Waals surface area contributed by atoms with E-state index in [1.54, 1.807) is 24.3 Å². The van der Waals surface area contributed by atoms with E-state index in [4.69, 9.17) is 36.3 Å². The van der Waals surface area contributed by atoms with E-state index in [-0.39, 0.29) is 38.0 Å². The lowest BCUT2D eigenvalue weighted by atomic mass is 10.2. The Morgan fingerprint density at radius 1 is 0.754 bits per heavy atom. The molecule has 57 heavy (non-hydrogen) atoms. The summed E-state index contributed by atoms with van der Waals surface area (Å²) in [5.74, 6) is -2.56. The van der Waals surface area contributed by atoms with Crippen LogP contribution in [0.15, 0.2) is 36.4 Å². The number of ether oxygens (including phenoxy) is 6. The number of carbonyl (C=O) groups excluding carboxylic acids is 6. The molecule has 6 rings (SSSR count). The van der Waals surface area contributed by atoms with Crippen molar-refractivity contribution in [3.8, 4) is 0 Å². The van der Waals surface area contributed by atoms with E-state index < -0.39 is 53.6 Å². The van der Waals surface area contributed by atoms with Gasteiger partial charge in [-0.05, 0) is 48.0 Å². The molecule has 2 atom stereocenters. The zero-order chi connectivity index (χ0) is 41.5. The van der Waals surface area contributed by atoms with Crippen LogP contribution in [0.3, 0.4) is 0 Å². The number of anilines is 4. The first-order valence-electron chi connectivity index (χ1n) is 17.8. The number of hydrogen-bond donors (Lipinski definition) is 2. The molecule has 0 spiro atoms. The standard InChI is InChI=1S/C18H22FN3O6.C14H18FN3O3.C4H5ClO3/c1-26-17(24)9-16(23)20-10-13-11-22(18(25)28-13)12-2-3-15(14(19)8-12)21-4-6-27-7-5-21;15-12-7-10(18-9-11(8-16)21-14(18)19)1-2-13(12)17-3-5-20-6-4-17;1-8-4(7)2-3(5)6/h2-3,8,13H,4-7,9-11H2,1H3,(H,20,23);1-2,7,11H,3-6,8-9,16H2;2H2,1H3/t13-;11-;/m00./s1. The number of nitrogens with zero attached hydrogens (tertiary/aromatic N) is 4. The first-order chi connectivity index (χ1) is 27.3. The number of hydrogen-bond acceptors (Lipinski definition) is 15. The molecule has 3 amide bonds. The van der Waals surface area contributed by atoms with Crippen LogP contribution in [0.2, 0.25) is 0 Å². The average molecular weight is 827 g/mol.